The van der Waals surface area contributed by atoms with Crippen LogP contribution in [-0.4, -0.2) is 26.1 Å². The molecule has 0 saturated heterocycles. The van der Waals surface area contributed by atoms with Crippen molar-refractivity contribution in [2.75, 3.05) is 4.90 Å². The van der Waals surface area contributed by atoms with Crippen LogP contribution in [-0.2, 0) is 0 Å². The molecule has 20 heavy (non-hydrogen) atoms. The molecule has 0 aliphatic rings. The molecule has 2 aromatic heterocycles. The Kier molecular flexibility index (Phi) is 3.20. The van der Waals surface area contributed by atoms with E-state index < -0.39 is 0 Å². The maximum absolute atomic E-state index is 12.6. The first-order valence-corrected chi connectivity index (χ1v) is 6.03. The average molecular weight is 265 g/mol. The summed E-state index contributed by atoms with van der Waals surface area (Å²) in [7, 11) is 0. The van der Waals surface area contributed by atoms with Gasteiger partial charge in [0.1, 0.15) is 12.1 Å². The molecule has 1 aromatic carbocycles. The number of hydrogen-bond acceptors (Lipinski definition) is 4. The highest BCUT2D eigenvalue weighted by Gasteiger charge is 2.22. The summed E-state index contributed by atoms with van der Waals surface area (Å²) >= 11 is 0. The first kappa shape index (κ1) is 12.0. The van der Waals surface area contributed by atoms with Gasteiger partial charge in [-0.25, -0.2) is 9.88 Å². The van der Waals surface area contributed by atoms with E-state index in [1.165, 1.54) is 11.2 Å². The predicted octanol–water partition coefficient (Wildman–Crippen LogP) is 2.18. The molecule has 0 aliphatic carbocycles. The van der Waals surface area contributed by atoms with Gasteiger partial charge in [0.25, 0.3) is 5.91 Å². The Balaban J connectivity index is 2.05. The minimum Gasteiger partial charge on any atom is -0.313 e. The molecule has 0 spiro atoms. The fourth-order valence-electron chi connectivity index (χ4n) is 1.81. The molecule has 2 heterocycles. The van der Waals surface area contributed by atoms with E-state index in [9.17, 15) is 4.79 Å². The minimum absolute atomic E-state index is 0.221. The molecule has 1 N–H and O–H groups in total. The van der Waals surface area contributed by atoms with Gasteiger partial charge in [0, 0.05) is 11.8 Å². The lowest BCUT2D eigenvalue weighted by atomic mass is 10.2. The van der Waals surface area contributed by atoms with Crippen LogP contribution in [0.1, 0.15) is 10.4 Å². The number of hydrogen-bond donors (Lipinski definition) is 1. The standard InChI is InChI=1S/C14H11N5O/c20-13(11-6-2-1-3-7-11)19(14-16-10-17-18-14)12-8-4-5-9-15-12/h1-10H,(H,16,17,18). The van der Waals surface area contributed by atoms with Crippen LogP contribution in [0.15, 0.2) is 61.1 Å². The molecule has 3 rings (SSSR count). The first-order valence-electron chi connectivity index (χ1n) is 6.03. The minimum atomic E-state index is -0.221. The molecule has 0 bridgehead atoms. The molecule has 1 amide bonds. The van der Waals surface area contributed by atoms with Gasteiger partial charge in [-0.1, -0.05) is 24.3 Å². The predicted molar refractivity (Wildman–Crippen MR) is 73.5 cm³/mol. The van der Waals surface area contributed by atoms with E-state index in [1.54, 1.807) is 30.5 Å². The fourth-order valence-corrected chi connectivity index (χ4v) is 1.81. The number of aromatic amines is 1. The summed E-state index contributed by atoms with van der Waals surface area (Å²) in [6, 6.07) is 14.3. The SMILES string of the molecule is O=C(c1ccccc1)N(c1ccccn1)c1nnc[nH]1. The van der Waals surface area contributed by atoms with E-state index in [0.29, 0.717) is 17.3 Å². The zero-order valence-corrected chi connectivity index (χ0v) is 10.5. The van der Waals surface area contributed by atoms with E-state index in [0.717, 1.165) is 0 Å². The van der Waals surface area contributed by atoms with Crippen molar-refractivity contribution in [2.45, 2.75) is 0 Å². The van der Waals surface area contributed by atoms with Crippen LogP contribution in [0.2, 0.25) is 0 Å². The number of nitrogens with zero attached hydrogens (tertiary/aromatic N) is 4. The monoisotopic (exact) mass is 265 g/mol. The Bertz CT molecular complexity index is 682. The highest BCUT2D eigenvalue weighted by molar-refractivity contribution is 6.09. The van der Waals surface area contributed by atoms with E-state index >= 15 is 0 Å². The molecule has 0 saturated carbocycles. The van der Waals surface area contributed by atoms with Gasteiger partial charge in [0.05, 0.1) is 0 Å². The fraction of sp³-hybridized carbons (Fsp3) is 0. The second kappa shape index (κ2) is 5.31. The van der Waals surface area contributed by atoms with Crippen molar-refractivity contribution >= 4 is 17.7 Å². The van der Waals surface area contributed by atoms with Crippen molar-refractivity contribution in [3.63, 3.8) is 0 Å². The number of pyridine rings is 1. The molecule has 0 atom stereocenters. The Hall–Kier alpha value is -3.02. The largest absolute Gasteiger partial charge is 0.313 e. The van der Waals surface area contributed by atoms with Gasteiger partial charge in [-0.2, -0.15) is 0 Å². The second-order valence-electron chi connectivity index (χ2n) is 4.01. The quantitative estimate of drug-likeness (QED) is 0.787. The van der Waals surface area contributed by atoms with Gasteiger partial charge in [-0.15, -0.1) is 10.2 Å². The average Bonchev–Trinajstić information content (AvgIpc) is 3.03. The van der Waals surface area contributed by atoms with E-state index in [-0.39, 0.29) is 5.91 Å². The van der Waals surface area contributed by atoms with E-state index in [1.807, 2.05) is 24.3 Å². The number of nitrogens with one attached hydrogen (secondary N) is 1. The van der Waals surface area contributed by atoms with Crippen LogP contribution in [0, 0.1) is 0 Å². The summed E-state index contributed by atoms with van der Waals surface area (Å²) in [6.45, 7) is 0. The molecule has 6 nitrogen and oxygen atoms in total. The molecule has 98 valence electrons. The number of aromatic nitrogens is 4. The van der Waals surface area contributed by atoms with E-state index in [2.05, 4.69) is 20.2 Å². The van der Waals surface area contributed by atoms with Gasteiger partial charge < -0.3 is 4.98 Å². The third-order valence-electron chi connectivity index (χ3n) is 2.72. The number of amides is 1. The Labute approximate surface area is 115 Å². The third-order valence-corrected chi connectivity index (χ3v) is 2.72. The lowest BCUT2D eigenvalue weighted by Crippen LogP contribution is -2.27. The number of carbonyl (C=O) groups is 1. The zero-order chi connectivity index (χ0) is 13.8. The smallest absolute Gasteiger partial charge is 0.266 e. The molecule has 0 radical (unpaired) electrons. The van der Waals surface area contributed by atoms with Crippen LogP contribution in [0.5, 0.6) is 0 Å². The van der Waals surface area contributed by atoms with Gasteiger partial charge in [-0.05, 0) is 24.3 Å². The number of carbonyl (C=O) groups excluding carboxylic acids is 1. The summed E-state index contributed by atoms with van der Waals surface area (Å²) in [5.74, 6) is 0.594. The van der Waals surface area contributed by atoms with Crippen molar-refractivity contribution in [1.82, 2.24) is 20.2 Å². The topological polar surface area (TPSA) is 74.8 Å². The van der Waals surface area contributed by atoms with Crippen molar-refractivity contribution in [2.24, 2.45) is 0 Å². The summed E-state index contributed by atoms with van der Waals surface area (Å²) in [4.78, 5) is 21.1. The van der Waals surface area contributed by atoms with Crippen LogP contribution >= 0.6 is 0 Å². The summed E-state index contributed by atoms with van der Waals surface area (Å²) in [5, 5.41) is 7.62. The normalized spacial score (nSPS) is 10.2. The first-order chi connectivity index (χ1) is 9.86. The molecule has 0 unspecified atom stereocenters. The van der Waals surface area contributed by atoms with Crippen molar-refractivity contribution in [1.29, 1.82) is 0 Å². The third kappa shape index (κ3) is 2.26. The molecular weight excluding hydrogens is 254 g/mol. The Morgan fingerprint density at radius 3 is 2.50 bits per heavy atom. The molecule has 0 aliphatic heterocycles. The summed E-state index contributed by atoms with van der Waals surface area (Å²) in [5.41, 5.74) is 0.551. The van der Waals surface area contributed by atoms with E-state index in [4.69, 9.17) is 0 Å². The summed E-state index contributed by atoms with van der Waals surface area (Å²) < 4.78 is 0. The van der Waals surface area contributed by atoms with Gasteiger partial charge >= 0.3 is 0 Å². The van der Waals surface area contributed by atoms with Crippen molar-refractivity contribution in [3.05, 3.63) is 66.6 Å². The Morgan fingerprint density at radius 2 is 1.85 bits per heavy atom. The van der Waals surface area contributed by atoms with Crippen molar-refractivity contribution in [3.8, 4) is 0 Å². The van der Waals surface area contributed by atoms with Gasteiger partial charge in [0.15, 0.2) is 0 Å². The van der Waals surface area contributed by atoms with Gasteiger partial charge in [-0.3, -0.25) is 4.79 Å². The lowest BCUT2D eigenvalue weighted by molar-refractivity contribution is 0.0997. The molecule has 3 aromatic rings. The highest BCUT2D eigenvalue weighted by Crippen LogP contribution is 2.21. The maximum atomic E-state index is 12.6. The summed E-state index contributed by atoms with van der Waals surface area (Å²) in [6.07, 6.45) is 3.04. The Morgan fingerprint density at radius 1 is 1.05 bits per heavy atom. The molecular formula is C14H11N5O. The molecule has 6 heteroatoms. The van der Waals surface area contributed by atoms with Crippen LogP contribution in [0.3, 0.4) is 0 Å². The highest BCUT2D eigenvalue weighted by atomic mass is 16.2. The second-order valence-corrected chi connectivity index (χ2v) is 4.01. The van der Waals surface area contributed by atoms with Crippen molar-refractivity contribution < 1.29 is 4.79 Å². The number of rotatable bonds is 3. The van der Waals surface area contributed by atoms with Gasteiger partial charge in [0.2, 0.25) is 5.95 Å². The van der Waals surface area contributed by atoms with Crippen LogP contribution in [0.4, 0.5) is 11.8 Å². The number of benzene rings is 1. The number of anilines is 2. The maximum Gasteiger partial charge on any atom is 0.266 e. The van der Waals surface area contributed by atoms with Crippen LogP contribution in [0.25, 0.3) is 0 Å². The van der Waals surface area contributed by atoms with Crippen LogP contribution < -0.4 is 4.90 Å². The molecule has 0 fully saturated rings. The zero-order valence-electron chi connectivity index (χ0n) is 10.5. The lowest BCUT2D eigenvalue weighted by Gasteiger charge is -2.18. The number of H-pyrrole nitrogens is 1.